The molecule has 1 N–H and O–H groups in total. The molecule has 0 spiro atoms. The number of nitrogens with zero attached hydrogens (tertiary/aromatic N) is 2. The van der Waals surface area contributed by atoms with Crippen LogP contribution in [0.1, 0.15) is 23.7 Å². The van der Waals surface area contributed by atoms with Gasteiger partial charge in [-0.25, -0.2) is 18.2 Å². The van der Waals surface area contributed by atoms with Crippen LogP contribution in [-0.4, -0.2) is 43.9 Å². The summed E-state index contributed by atoms with van der Waals surface area (Å²) in [5, 5.41) is 9.05. The van der Waals surface area contributed by atoms with E-state index in [0.717, 1.165) is 22.3 Å². The normalized spacial score (nSPS) is 15.2. The number of carboxylic acid groups (broad SMARTS) is 1. The average Bonchev–Trinajstić information content (AvgIpc) is 2.51. The number of anilines is 1. The van der Waals surface area contributed by atoms with Gasteiger partial charge in [-0.3, -0.25) is 4.31 Å². The van der Waals surface area contributed by atoms with E-state index in [4.69, 9.17) is 9.84 Å². The SMILES string of the molecule is CC/C=C(\SC)S(=O)(=O)N1CCOc2ncc(C(=O)O)cc21. The zero-order chi connectivity index (χ0) is 16.3. The predicted molar refractivity (Wildman–Crippen MR) is 84.8 cm³/mol. The Bertz CT molecular complexity index is 715. The Hall–Kier alpha value is -1.74. The molecule has 1 aromatic heterocycles. The Labute approximate surface area is 133 Å². The molecule has 2 rings (SSSR count). The van der Waals surface area contributed by atoms with Crippen LogP contribution in [0.3, 0.4) is 0 Å². The lowest BCUT2D eigenvalue weighted by Crippen LogP contribution is -2.38. The van der Waals surface area contributed by atoms with E-state index in [1.54, 1.807) is 12.3 Å². The van der Waals surface area contributed by atoms with Crippen LogP contribution in [0.4, 0.5) is 5.69 Å². The molecular weight excluding hydrogens is 328 g/mol. The van der Waals surface area contributed by atoms with Crippen LogP contribution in [0.15, 0.2) is 22.6 Å². The van der Waals surface area contributed by atoms with Crippen molar-refractivity contribution in [2.45, 2.75) is 13.3 Å². The minimum Gasteiger partial charge on any atom is -0.478 e. The van der Waals surface area contributed by atoms with E-state index >= 15 is 0 Å². The number of thioether (sulfide) groups is 1. The highest BCUT2D eigenvalue weighted by Gasteiger charge is 2.32. The van der Waals surface area contributed by atoms with Gasteiger partial charge in [0.05, 0.1) is 12.1 Å². The minimum absolute atomic E-state index is 0.0883. The second kappa shape index (κ2) is 6.57. The van der Waals surface area contributed by atoms with Gasteiger partial charge in [0.25, 0.3) is 10.0 Å². The Morgan fingerprint density at radius 3 is 2.91 bits per heavy atom. The molecule has 0 radical (unpaired) electrons. The fraction of sp³-hybridized carbons (Fsp3) is 0.385. The van der Waals surface area contributed by atoms with Crippen molar-refractivity contribution in [3.63, 3.8) is 0 Å². The van der Waals surface area contributed by atoms with Crippen molar-refractivity contribution in [2.75, 3.05) is 23.7 Å². The topological polar surface area (TPSA) is 96.8 Å². The predicted octanol–water partition coefficient (Wildman–Crippen LogP) is 1.92. The molecule has 0 aliphatic carbocycles. The number of rotatable bonds is 5. The second-order valence-corrected chi connectivity index (χ2v) is 7.35. The van der Waals surface area contributed by atoms with Gasteiger partial charge in [-0.1, -0.05) is 13.0 Å². The van der Waals surface area contributed by atoms with Gasteiger partial charge in [-0.05, 0) is 18.7 Å². The van der Waals surface area contributed by atoms with Crippen LogP contribution in [0.5, 0.6) is 5.88 Å². The summed E-state index contributed by atoms with van der Waals surface area (Å²) in [5.74, 6) is -1.05. The number of aromatic nitrogens is 1. The van der Waals surface area contributed by atoms with Crippen molar-refractivity contribution >= 4 is 33.4 Å². The molecule has 1 aromatic rings. The van der Waals surface area contributed by atoms with Gasteiger partial charge in [0, 0.05) is 6.20 Å². The van der Waals surface area contributed by atoms with Gasteiger partial charge in [0.2, 0.25) is 5.88 Å². The Kier molecular flexibility index (Phi) is 4.97. The highest BCUT2D eigenvalue weighted by atomic mass is 32.3. The second-order valence-electron chi connectivity index (χ2n) is 4.41. The van der Waals surface area contributed by atoms with Crippen LogP contribution in [-0.2, 0) is 10.0 Å². The fourth-order valence-corrected chi connectivity index (χ4v) is 4.76. The van der Waals surface area contributed by atoms with Crippen molar-refractivity contribution in [3.8, 4) is 5.88 Å². The summed E-state index contributed by atoms with van der Waals surface area (Å²) in [4.78, 5) is 15.0. The molecule has 9 heteroatoms. The van der Waals surface area contributed by atoms with Crippen LogP contribution in [0, 0.1) is 0 Å². The van der Waals surface area contributed by atoms with E-state index in [0.29, 0.717) is 6.42 Å². The van der Waals surface area contributed by atoms with Crippen LogP contribution < -0.4 is 9.04 Å². The van der Waals surface area contributed by atoms with Crippen molar-refractivity contribution in [1.82, 2.24) is 4.98 Å². The summed E-state index contributed by atoms with van der Waals surface area (Å²) in [7, 11) is -3.75. The maximum atomic E-state index is 12.8. The number of carbonyl (C=O) groups is 1. The van der Waals surface area contributed by atoms with Crippen LogP contribution in [0.2, 0.25) is 0 Å². The number of hydrogen-bond donors (Lipinski definition) is 1. The number of allylic oxidation sites excluding steroid dienone is 1. The summed E-state index contributed by atoms with van der Waals surface area (Å²) < 4.78 is 32.2. The van der Waals surface area contributed by atoms with E-state index in [9.17, 15) is 13.2 Å². The quantitative estimate of drug-likeness (QED) is 0.871. The molecule has 1 aliphatic rings. The molecular formula is C13H16N2O5S2. The molecule has 2 heterocycles. The first kappa shape index (κ1) is 16.6. The van der Waals surface area contributed by atoms with Gasteiger partial charge in [-0.15, -0.1) is 11.8 Å². The van der Waals surface area contributed by atoms with E-state index in [1.165, 1.54) is 6.07 Å². The number of hydrogen-bond acceptors (Lipinski definition) is 6. The first-order valence-corrected chi connectivity index (χ1v) is 9.21. The van der Waals surface area contributed by atoms with Gasteiger partial charge in [0.15, 0.2) is 0 Å². The molecule has 120 valence electrons. The Balaban J connectivity index is 2.54. The van der Waals surface area contributed by atoms with Gasteiger partial charge in [0.1, 0.15) is 16.5 Å². The number of aromatic carboxylic acids is 1. The Morgan fingerprint density at radius 1 is 1.59 bits per heavy atom. The number of carboxylic acids is 1. The molecule has 0 aromatic carbocycles. The lowest BCUT2D eigenvalue weighted by molar-refractivity contribution is 0.0696. The molecule has 0 amide bonds. The van der Waals surface area contributed by atoms with Crippen molar-refractivity contribution in [2.24, 2.45) is 0 Å². The summed E-state index contributed by atoms with van der Waals surface area (Å²) in [6, 6.07) is 1.27. The van der Waals surface area contributed by atoms with Gasteiger partial charge >= 0.3 is 5.97 Å². The van der Waals surface area contributed by atoms with E-state index in [1.807, 2.05) is 6.92 Å². The molecule has 0 saturated heterocycles. The first-order chi connectivity index (χ1) is 10.4. The number of sulfonamides is 1. The van der Waals surface area contributed by atoms with Gasteiger partial charge in [-0.2, -0.15) is 0 Å². The van der Waals surface area contributed by atoms with Crippen molar-refractivity contribution in [3.05, 3.63) is 28.1 Å². The average molecular weight is 344 g/mol. The largest absolute Gasteiger partial charge is 0.478 e. The third kappa shape index (κ3) is 3.05. The molecule has 0 unspecified atom stereocenters. The zero-order valence-corrected chi connectivity index (χ0v) is 13.8. The summed E-state index contributed by atoms with van der Waals surface area (Å²) in [5.41, 5.74) is 0.0665. The minimum atomic E-state index is -3.75. The lowest BCUT2D eigenvalue weighted by atomic mass is 10.2. The molecule has 1 aliphatic heterocycles. The molecule has 0 bridgehead atoms. The smallest absolute Gasteiger partial charge is 0.337 e. The highest BCUT2D eigenvalue weighted by molar-refractivity contribution is 8.18. The van der Waals surface area contributed by atoms with E-state index in [-0.39, 0.29) is 34.5 Å². The Morgan fingerprint density at radius 2 is 2.32 bits per heavy atom. The number of ether oxygens (including phenoxy) is 1. The van der Waals surface area contributed by atoms with Crippen LogP contribution >= 0.6 is 11.8 Å². The maximum absolute atomic E-state index is 12.8. The van der Waals surface area contributed by atoms with Crippen molar-refractivity contribution < 1.29 is 23.1 Å². The van der Waals surface area contributed by atoms with Crippen LogP contribution in [0.25, 0.3) is 0 Å². The summed E-state index contributed by atoms with van der Waals surface area (Å²) >= 11 is 1.13. The maximum Gasteiger partial charge on any atom is 0.337 e. The molecule has 0 fully saturated rings. The fourth-order valence-electron chi connectivity index (χ4n) is 2.01. The standard InChI is InChI=1S/C13H16N2O5S2/c1-3-4-11(21-2)22(18,19)15-5-6-20-12-10(15)7-9(8-14-12)13(16)17/h4,7-8H,3,5-6H2,1-2H3,(H,16,17)/b11-4+. The highest BCUT2D eigenvalue weighted by Crippen LogP contribution is 2.36. The van der Waals surface area contributed by atoms with E-state index < -0.39 is 16.0 Å². The summed E-state index contributed by atoms with van der Waals surface area (Å²) in [6.07, 6.45) is 5.05. The number of fused-ring (bicyclic) bond motifs is 1. The van der Waals surface area contributed by atoms with E-state index in [2.05, 4.69) is 4.98 Å². The zero-order valence-electron chi connectivity index (χ0n) is 12.1. The first-order valence-electron chi connectivity index (χ1n) is 6.54. The molecule has 22 heavy (non-hydrogen) atoms. The molecule has 0 atom stereocenters. The number of pyridine rings is 1. The lowest BCUT2D eigenvalue weighted by Gasteiger charge is -2.30. The third-order valence-corrected chi connectivity index (χ3v) is 6.33. The molecule has 0 saturated carbocycles. The monoisotopic (exact) mass is 344 g/mol. The molecule has 7 nitrogen and oxygen atoms in total. The van der Waals surface area contributed by atoms with Crippen molar-refractivity contribution in [1.29, 1.82) is 0 Å². The third-order valence-electron chi connectivity index (χ3n) is 3.00. The summed E-state index contributed by atoms with van der Waals surface area (Å²) in [6.45, 7) is 2.13. The van der Waals surface area contributed by atoms with Gasteiger partial charge < -0.3 is 9.84 Å².